The molecule has 0 unspecified atom stereocenters. The molecule has 1 fully saturated rings. The lowest BCUT2D eigenvalue weighted by Crippen LogP contribution is -2.14. The van der Waals surface area contributed by atoms with Gasteiger partial charge >= 0.3 is 0 Å². The van der Waals surface area contributed by atoms with Crippen LogP contribution in [0.25, 0.3) is 0 Å². The maximum absolute atomic E-state index is 8.88. The van der Waals surface area contributed by atoms with Crippen LogP contribution in [0.3, 0.4) is 0 Å². The summed E-state index contributed by atoms with van der Waals surface area (Å²) in [5.74, 6) is 1.57. The van der Waals surface area contributed by atoms with E-state index in [4.69, 9.17) is 10.00 Å². The minimum atomic E-state index is 0.690. The zero-order valence-corrected chi connectivity index (χ0v) is 14.9. The van der Waals surface area contributed by atoms with Crippen LogP contribution >= 0.6 is 0 Å². The average molecular weight is 325 g/mol. The van der Waals surface area contributed by atoms with Gasteiger partial charge in [-0.15, -0.1) is 6.58 Å². The van der Waals surface area contributed by atoms with Gasteiger partial charge in [-0.05, 0) is 87.3 Å². The van der Waals surface area contributed by atoms with Gasteiger partial charge in [-0.2, -0.15) is 5.26 Å². The van der Waals surface area contributed by atoms with E-state index < -0.39 is 0 Å². The van der Waals surface area contributed by atoms with E-state index >= 15 is 0 Å². The molecule has 2 heteroatoms. The SMILES string of the molecule is C=CCCCCOCCCC1CCC(c2ccc(C#N)cc2)CC1. The van der Waals surface area contributed by atoms with Crippen molar-refractivity contribution in [2.45, 2.75) is 63.7 Å². The summed E-state index contributed by atoms with van der Waals surface area (Å²) in [4.78, 5) is 0. The van der Waals surface area contributed by atoms with Crippen molar-refractivity contribution >= 4 is 0 Å². The summed E-state index contributed by atoms with van der Waals surface area (Å²) in [7, 11) is 0. The van der Waals surface area contributed by atoms with Gasteiger partial charge in [-0.3, -0.25) is 0 Å². The maximum Gasteiger partial charge on any atom is 0.0991 e. The number of allylic oxidation sites excluding steroid dienone is 1. The van der Waals surface area contributed by atoms with Crippen molar-refractivity contribution in [2.24, 2.45) is 5.92 Å². The second-order valence-electron chi connectivity index (χ2n) is 6.99. The smallest absolute Gasteiger partial charge is 0.0991 e. The van der Waals surface area contributed by atoms with Gasteiger partial charge in [0.2, 0.25) is 0 Å². The quantitative estimate of drug-likeness (QED) is 0.391. The van der Waals surface area contributed by atoms with Crippen LogP contribution in [0.15, 0.2) is 36.9 Å². The number of ether oxygens (including phenoxy) is 1. The molecule has 1 aromatic carbocycles. The lowest BCUT2D eigenvalue weighted by Gasteiger charge is -2.28. The fourth-order valence-corrected chi connectivity index (χ4v) is 3.68. The normalized spacial score (nSPS) is 20.5. The van der Waals surface area contributed by atoms with Crippen LogP contribution in [-0.2, 0) is 4.74 Å². The molecule has 0 heterocycles. The third kappa shape index (κ3) is 6.49. The second-order valence-corrected chi connectivity index (χ2v) is 6.99. The minimum Gasteiger partial charge on any atom is -0.381 e. The van der Waals surface area contributed by atoms with Crippen LogP contribution in [-0.4, -0.2) is 13.2 Å². The van der Waals surface area contributed by atoms with Crippen LogP contribution in [0.1, 0.15) is 74.8 Å². The van der Waals surface area contributed by atoms with Crippen LogP contribution < -0.4 is 0 Å². The largest absolute Gasteiger partial charge is 0.381 e. The minimum absolute atomic E-state index is 0.690. The second kappa shape index (κ2) is 11.0. The number of hydrogen-bond donors (Lipinski definition) is 0. The number of rotatable bonds is 10. The Kier molecular flexibility index (Phi) is 8.63. The van der Waals surface area contributed by atoms with E-state index in [0.29, 0.717) is 5.92 Å². The summed E-state index contributed by atoms with van der Waals surface area (Å²) in [5.41, 5.74) is 2.17. The molecular formula is C22H31NO. The van der Waals surface area contributed by atoms with Gasteiger partial charge in [0, 0.05) is 13.2 Å². The number of unbranched alkanes of at least 4 members (excludes halogenated alkanes) is 2. The van der Waals surface area contributed by atoms with Gasteiger partial charge in [0.05, 0.1) is 11.6 Å². The molecule has 1 saturated carbocycles. The summed E-state index contributed by atoms with van der Waals surface area (Å²) in [5, 5.41) is 8.88. The molecule has 0 radical (unpaired) electrons. The molecule has 0 spiro atoms. The van der Waals surface area contributed by atoms with Crippen molar-refractivity contribution in [2.75, 3.05) is 13.2 Å². The average Bonchev–Trinajstić information content (AvgIpc) is 2.64. The van der Waals surface area contributed by atoms with Crippen LogP contribution in [0.5, 0.6) is 0 Å². The molecule has 0 aliphatic heterocycles. The van der Waals surface area contributed by atoms with E-state index in [1.165, 1.54) is 50.5 Å². The third-order valence-corrected chi connectivity index (χ3v) is 5.21. The fraction of sp³-hybridized carbons (Fsp3) is 0.591. The van der Waals surface area contributed by atoms with Crippen LogP contribution in [0.4, 0.5) is 0 Å². The first kappa shape index (κ1) is 18.7. The van der Waals surface area contributed by atoms with Crippen LogP contribution in [0.2, 0.25) is 0 Å². The van der Waals surface area contributed by atoms with Crippen molar-refractivity contribution in [3.8, 4) is 6.07 Å². The predicted molar refractivity (Wildman–Crippen MR) is 100.0 cm³/mol. The fourth-order valence-electron chi connectivity index (χ4n) is 3.68. The van der Waals surface area contributed by atoms with E-state index in [-0.39, 0.29) is 0 Å². The topological polar surface area (TPSA) is 33.0 Å². The van der Waals surface area contributed by atoms with Gasteiger partial charge in [0.1, 0.15) is 0 Å². The highest BCUT2D eigenvalue weighted by molar-refractivity contribution is 5.33. The van der Waals surface area contributed by atoms with Crippen molar-refractivity contribution < 1.29 is 4.74 Å². The monoisotopic (exact) mass is 325 g/mol. The zero-order valence-electron chi connectivity index (χ0n) is 14.9. The molecule has 0 atom stereocenters. The molecule has 1 aromatic rings. The molecule has 0 N–H and O–H groups in total. The van der Waals surface area contributed by atoms with E-state index in [0.717, 1.165) is 37.5 Å². The van der Waals surface area contributed by atoms with Crippen molar-refractivity contribution in [3.63, 3.8) is 0 Å². The Hall–Kier alpha value is -1.59. The Labute approximate surface area is 147 Å². The third-order valence-electron chi connectivity index (χ3n) is 5.21. The number of nitrogens with zero attached hydrogens (tertiary/aromatic N) is 1. The molecule has 1 aliphatic rings. The van der Waals surface area contributed by atoms with Crippen molar-refractivity contribution in [3.05, 3.63) is 48.0 Å². The summed E-state index contributed by atoms with van der Waals surface area (Å²) < 4.78 is 5.72. The van der Waals surface area contributed by atoms with Crippen LogP contribution in [0, 0.1) is 17.2 Å². The number of nitriles is 1. The summed E-state index contributed by atoms with van der Waals surface area (Å²) in [6, 6.07) is 10.4. The molecule has 0 saturated heterocycles. The van der Waals surface area contributed by atoms with Gasteiger partial charge < -0.3 is 4.74 Å². The predicted octanol–water partition coefficient (Wildman–Crippen LogP) is 5.99. The summed E-state index contributed by atoms with van der Waals surface area (Å²) >= 11 is 0. The lowest BCUT2D eigenvalue weighted by molar-refractivity contribution is 0.121. The lowest BCUT2D eigenvalue weighted by atomic mass is 9.77. The Morgan fingerprint density at radius 2 is 1.75 bits per heavy atom. The molecule has 24 heavy (non-hydrogen) atoms. The Bertz CT molecular complexity index is 506. The molecule has 1 aliphatic carbocycles. The Balaban J connectivity index is 1.56. The first-order valence-electron chi connectivity index (χ1n) is 9.52. The van der Waals surface area contributed by atoms with Crippen molar-refractivity contribution in [1.82, 2.24) is 0 Å². The highest BCUT2D eigenvalue weighted by atomic mass is 16.5. The molecular weight excluding hydrogens is 294 g/mol. The molecule has 0 aromatic heterocycles. The standard InChI is InChI=1S/C22H31NO/c1-2-3-4-5-16-24-17-6-7-19-8-12-21(13-9-19)22-14-10-20(18-23)11-15-22/h2,10-11,14-15,19,21H,1,3-9,12-13,16-17H2. The van der Waals surface area contributed by atoms with Crippen molar-refractivity contribution in [1.29, 1.82) is 5.26 Å². The Morgan fingerprint density at radius 3 is 2.42 bits per heavy atom. The van der Waals surface area contributed by atoms with E-state index in [9.17, 15) is 0 Å². The zero-order chi connectivity index (χ0) is 17.0. The van der Waals surface area contributed by atoms with Gasteiger partial charge in [0.25, 0.3) is 0 Å². The van der Waals surface area contributed by atoms with E-state index in [1.807, 2.05) is 18.2 Å². The van der Waals surface area contributed by atoms with Gasteiger partial charge in [-0.1, -0.05) is 18.2 Å². The summed E-state index contributed by atoms with van der Waals surface area (Å²) in [6.45, 7) is 5.56. The van der Waals surface area contributed by atoms with E-state index in [2.05, 4.69) is 24.8 Å². The maximum atomic E-state index is 8.88. The van der Waals surface area contributed by atoms with Gasteiger partial charge in [-0.25, -0.2) is 0 Å². The molecule has 2 rings (SSSR count). The van der Waals surface area contributed by atoms with E-state index in [1.54, 1.807) is 0 Å². The van der Waals surface area contributed by atoms with Gasteiger partial charge in [0.15, 0.2) is 0 Å². The molecule has 0 bridgehead atoms. The summed E-state index contributed by atoms with van der Waals surface area (Å²) in [6.07, 6.45) is 13.2. The molecule has 2 nitrogen and oxygen atoms in total. The highest BCUT2D eigenvalue weighted by Gasteiger charge is 2.21. The number of hydrogen-bond acceptors (Lipinski definition) is 2. The first-order valence-corrected chi connectivity index (χ1v) is 9.52. The highest BCUT2D eigenvalue weighted by Crippen LogP contribution is 2.37. The Morgan fingerprint density at radius 1 is 1.04 bits per heavy atom. The first-order chi connectivity index (χ1) is 11.8. The number of benzene rings is 1. The molecule has 130 valence electrons. The molecule has 0 amide bonds.